The number of ether oxygens (including phenoxy) is 1. The molecule has 1 aromatic heterocycles. The lowest BCUT2D eigenvalue weighted by Crippen LogP contribution is -2.49. The maximum atomic E-state index is 13.6. The molecule has 1 aliphatic rings. The topological polar surface area (TPSA) is 112 Å². The van der Waals surface area contributed by atoms with E-state index in [4.69, 9.17) is 10.1 Å². The van der Waals surface area contributed by atoms with Gasteiger partial charge >= 0.3 is 0 Å². The second-order valence-corrected chi connectivity index (χ2v) is 11.6. The first-order chi connectivity index (χ1) is 20.8. The van der Waals surface area contributed by atoms with Crippen molar-refractivity contribution in [3.63, 3.8) is 0 Å². The van der Waals surface area contributed by atoms with E-state index < -0.39 is 6.04 Å². The average Bonchev–Trinajstić information content (AvgIpc) is 3.69. The minimum atomic E-state index is -0.673. The number of carbonyl (C=O) groups is 3. The van der Waals surface area contributed by atoms with E-state index in [0.29, 0.717) is 30.0 Å². The molecule has 3 N–H and O–H groups in total. The Labute approximate surface area is 255 Å². The molecule has 1 aliphatic heterocycles. The zero-order chi connectivity index (χ0) is 30.3. The molecular weight excluding hydrogens is 560 g/mol. The molecule has 0 saturated carbocycles. The maximum Gasteiger partial charge on any atom is 0.251 e. The van der Waals surface area contributed by atoms with Crippen molar-refractivity contribution in [3.05, 3.63) is 117 Å². The number of para-hydroxylation sites is 1. The molecule has 0 spiro atoms. The smallest absolute Gasteiger partial charge is 0.251 e. The van der Waals surface area contributed by atoms with Gasteiger partial charge in [-0.25, -0.2) is 0 Å². The summed E-state index contributed by atoms with van der Waals surface area (Å²) in [6, 6.07) is 25.0. The quantitative estimate of drug-likeness (QED) is 0.200. The minimum absolute atomic E-state index is 0.00433. The first-order valence-corrected chi connectivity index (χ1v) is 15.1. The van der Waals surface area contributed by atoms with Crippen LogP contribution in [0.2, 0.25) is 0 Å². The molecule has 1 saturated heterocycles. The van der Waals surface area contributed by atoms with E-state index in [-0.39, 0.29) is 36.2 Å². The third-order valence-corrected chi connectivity index (χ3v) is 8.77. The number of hydrogen-bond donors (Lipinski definition) is 3. The number of thiophene rings is 1. The lowest BCUT2D eigenvalue weighted by Gasteiger charge is -2.25. The number of rotatable bonds is 10. The van der Waals surface area contributed by atoms with Crippen LogP contribution >= 0.6 is 11.3 Å². The molecule has 0 aliphatic carbocycles. The summed E-state index contributed by atoms with van der Waals surface area (Å²) in [6.07, 6.45) is 1.77. The fraction of sp³-hybridized carbons (Fsp3) is 0.235. The molecule has 220 valence electrons. The van der Waals surface area contributed by atoms with E-state index in [2.05, 4.69) is 10.6 Å². The molecule has 8 nitrogen and oxygen atoms in total. The van der Waals surface area contributed by atoms with Gasteiger partial charge in [0.05, 0.1) is 12.6 Å². The fourth-order valence-electron chi connectivity index (χ4n) is 5.34. The predicted octanol–water partition coefficient (Wildman–Crippen LogP) is 5.84. The van der Waals surface area contributed by atoms with Crippen molar-refractivity contribution < 1.29 is 19.1 Å². The molecule has 0 bridgehead atoms. The molecule has 2 unspecified atom stereocenters. The summed E-state index contributed by atoms with van der Waals surface area (Å²) in [6.45, 7) is 4.09. The highest BCUT2D eigenvalue weighted by Crippen LogP contribution is 2.34. The zero-order valence-electron chi connectivity index (χ0n) is 24.1. The van der Waals surface area contributed by atoms with Crippen molar-refractivity contribution in [2.45, 2.75) is 38.3 Å². The number of aryl methyl sites for hydroxylation is 1. The molecule has 0 radical (unpaired) electrons. The third-order valence-electron chi connectivity index (χ3n) is 7.64. The van der Waals surface area contributed by atoms with Gasteiger partial charge in [-0.2, -0.15) is 0 Å². The van der Waals surface area contributed by atoms with E-state index in [0.717, 1.165) is 21.6 Å². The lowest BCUT2D eigenvalue weighted by molar-refractivity contribution is -0.137. The Morgan fingerprint density at radius 1 is 1.02 bits per heavy atom. The number of amides is 3. The Balaban J connectivity index is 1.25. The van der Waals surface area contributed by atoms with Gasteiger partial charge in [-0.1, -0.05) is 42.5 Å². The van der Waals surface area contributed by atoms with Gasteiger partial charge in [-0.3, -0.25) is 14.4 Å². The summed E-state index contributed by atoms with van der Waals surface area (Å²) in [5, 5.41) is 15.1. The van der Waals surface area contributed by atoms with Crippen molar-refractivity contribution in [2.75, 3.05) is 13.1 Å². The van der Waals surface area contributed by atoms with Crippen LogP contribution < -0.4 is 15.4 Å². The van der Waals surface area contributed by atoms with E-state index in [1.54, 1.807) is 29.2 Å². The van der Waals surface area contributed by atoms with E-state index >= 15 is 0 Å². The molecule has 3 atom stereocenters. The highest BCUT2D eigenvalue weighted by molar-refractivity contribution is 7.10. The summed E-state index contributed by atoms with van der Waals surface area (Å²) in [4.78, 5) is 42.5. The molecule has 3 aromatic carbocycles. The largest absolute Gasteiger partial charge is 0.457 e. The van der Waals surface area contributed by atoms with Crippen molar-refractivity contribution in [3.8, 4) is 11.5 Å². The van der Waals surface area contributed by atoms with Gasteiger partial charge in [-0.05, 0) is 79.2 Å². The van der Waals surface area contributed by atoms with Crippen LogP contribution in [-0.2, 0) is 9.59 Å². The molecular formula is C34H34N4O4S. The number of carbonyl (C=O) groups excluding carboxylic acids is 3. The molecule has 43 heavy (non-hydrogen) atoms. The summed E-state index contributed by atoms with van der Waals surface area (Å²) >= 11 is 1.48. The van der Waals surface area contributed by atoms with Crippen LogP contribution in [-0.4, -0.2) is 48.0 Å². The third kappa shape index (κ3) is 7.18. The predicted molar refractivity (Wildman–Crippen MR) is 168 cm³/mol. The highest BCUT2D eigenvalue weighted by atomic mass is 32.1. The van der Waals surface area contributed by atoms with Crippen molar-refractivity contribution in [1.29, 1.82) is 5.41 Å². The Bertz CT molecular complexity index is 1600. The normalized spacial score (nSPS) is 16.7. The molecule has 3 amide bonds. The Morgan fingerprint density at radius 3 is 2.42 bits per heavy atom. The number of benzene rings is 3. The second-order valence-electron chi connectivity index (χ2n) is 10.6. The monoisotopic (exact) mass is 594 g/mol. The molecule has 1 fully saturated rings. The van der Waals surface area contributed by atoms with Gasteiger partial charge in [0.1, 0.15) is 17.5 Å². The van der Waals surface area contributed by atoms with Gasteiger partial charge in [0, 0.05) is 34.7 Å². The summed E-state index contributed by atoms with van der Waals surface area (Å²) in [5.74, 6) is 0.349. The SMILES string of the molecule is Cc1ccccc1C1CC(C(=O)N[C@H](C)c2cc(C=N)cs2)N(C(=O)CNC(=O)c2ccc(Oc3ccccc3)cc2)C1. The number of nitrogens with one attached hydrogen (secondary N) is 3. The van der Waals surface area contributed by atoms with Gasteiger partial charge in [0.25, 0.3) is 5.91 Å². The van der Waals surface area contributed by atoms with E-state index in [9.17, 15) is 14.4 Å². The van der Waals surface area contributed by atoms with Crippen LogP contribution in [0.4, 0.5) is 0 Å². The maximum absolute atomic E-state index is 13.6. The van der Waals surface area contributed by atoms with Crippen LogP contribution in [0, 0.1) is 12.3 Å². The molecule has 9 heteroatoms. The van der Waals surface area contributed by atoms with Crippen molar-refractivity contribution in [1.82, 2.24) is 15.5 Å². The fourth-order valence-corrected chi connectivity index (χ4v) is 6.22. The molecule has 4 aromatic rings. The van der Waals surface area contributed by atoms with Crippen LogP contribution in [0.15, 0.2) is 90.3 Å². The number of nitrogens with zero attached hydrogens (tertiary/aromatic N) is 1. The first kappa shape index (κ1) is 29.7. The molecule has 2 heterocycles. The molecule has 5 rings (SSSR count). The van der Waals surface area contributed by atoms with Crippen LogP contribution in [0.5, 0.6) is 11.5 Å². The summed E-state index contributed by atoms with van der Waals surface area (Å²) in [7, 11) is 0. The minimum Gasteiger partial charge on any atom is -0.457 e. The van der Waals surface area contributed by atoms with Gasteiger partial charge in [0.2, 0.25) is 11.8 Å². The Morgan fingerprint density at radius 2 is 1.72 bits per heavy atom. The zero-order valence-corrected chi connectivity index (χ0v) is 24.9. The summed E-state index contributed by atoms with van der Waals surface area (Å²) in [5.41, 5.74) is 3.41. The number of hydrogen-bond acceptors (Lipinski definition) is 6. The number of likely N-dealkylation sites (tertiary alicyclic amines) is 1. The Hall–Kier alpha value is -4.76. The highest BCUT2D eigenvalue weighted by Gasteiger charge is 2.40. The van der Waals surface area contributed by atoms with Crippen LogP contribution in [0.3, 0.4) is 0 Å². The second kappa shape index (κ2) is 13.5. The summed E-state index contributed by atoms with van der Waals surface area (Å²) < 4.78 is 5.79. The van der Waals surface area contributed by atoms with Gasteiger partial charge in [-0.15, -0.1) is 11.3 Å². The van der Waals surface area contributed by atoms with Crippen molar-refractivity contribution >= 4 is 35.3 Å². The standard InChI is InChI=1S/C34H34N4O4S/c1-22-8-6-7-11-29(22)26-17-30(34(41)37-23(2)31-16-24(18-35)21-43-31)38(20-26)32(39)19-36-33(40)25-12-14-28(15-13-25)42-27-9-4-3-5-10-27/h3-16,18,21,23,26,30,35H,17,19-20H2,1-2H3,(H,36,40)(H,37,41)/t23-,26?,30?/m1/s1. The van der Waals surface area contributed by atoms with Crippen LogP contribution in [0.25, 0.3) is 0 Å². The van der Waals surface area contributed by atoms with E-state index in [1.807, 2.05) is 79.9 Å². The lowest BCUT2D eigenvalue weighted by atomic mass is 9.92. The first-order valence-electron chi connectivity index (χ1n) is 14.2. The van der Waals surface area contributed by atoms with Gasteiger partial charge < -0.3 is 25.7 Å². The van der Waals surface area contributed by atoms with Gasteiger partial charge in [0.15, 0.2) is 0 Å². The average molecular weight is 595 g/mol. The van der Waals surface area contributed by atoms with Crippen molar-refractivity contribution in [2.24, 2.45) is 0 Å². The van der Waals surface area contributed by atoms with E-state index in [1.165, 1.54) is 17.6 Å². The van der Waals surface area contributed by atoms with Crippen LogP contribution in [0.1, 0.15) is 57.2 Å². The Kier molecular flexibility index (Phi) is 9.32.